The van der Waals surface area contributed by atoms with Gasteiger partial charge in [0.1, 0.15) is 5.69 Å². The summed E-state index contributed by atoms with van der Waals surface area (Å²) in [5, 5.41) is 10.5. The van der Waals surface area contributed by atoms with Crippen molar-refractivity contribution >= 4 is 11.7 Å². The van der Waals surface area contributed by atoms with Gasteiger partial charge in [-0.2, -0.15) is 0 Å². The van der Waals surface area contributed by atoms with Crippen LogP contribution in [0.3, 0.4) is 0 Å². The maximum absolute atomic E-state index is 10.3. The van der Waals surface area contributed by atoms with Gasteiger partial charge in [0.25, 0.3) is 0 Å². The molecule has 0 amide bonds. The standard InChI is InChI=1S/C9H11NO2/c1-10-8-4-2-7(3-5-8)6-9(11)12/h2-5,10H,6H2,1H3,(H,11,12)/p+1. The second-order valence-corrected chi connectivity index (χ2v) is 2.60. The van der Waals surface area contributed by atoms with Crippen LogP contribution in [0.15, 0.2) is 24.3 Å². The number of benzene rings is 1. The van der Waals surface area contributed by atoms with Crippen LogP contribution in [0.5, 0.6) is 0 Å². The first kappa shape index (κ1) is 8.74. The summed E-state index contributed by atoms with van der Waals surface area (Å²) in [6, 6.07) is 7.50. The average molecular weight is 166 g/mol. The van der Waals surface area contributed by atoms with Gasteiger partial charge in [0, 0.05) is 0 Å². The number of hydrogen-bond acceptors (Lipinski definition) is 1. The SMILES string of the molecule is C[NH2+]c1ccc(CC(=O)O)cc1. The van der Waals surface area contributed by atoms with Crippen LogP contribution in [-0.2, 0) is 11.2 Å². The highest BCUT2D eigenvalue weighted by atomic mass is 16.4. The van der Waals surface area contributed by atoms with E-state index in [0.717, 1.165) is 11.3 Å². The van der Waals surface area contributed by atoms with E-state index in [1.165, 1.54) is 0 Å². The Kier molecular flexibility index (Phi) is 2.82. The van der Waals surface area contributed by atoms with E-state index >= 15 is 0 Å². The molecular formula is C9H12NO2+. The Bertz CT molecular complexity index is 266. The molecule has 0 saturated carbocycles. The van der Waals surface area contributed by atoms with E-state index in [4.69, 9.17) is 5.11 Å². The molecule has 64 valence electrons. The second-order valence-electron chi connectivity index (χ2n) is 2.60. The van der Waals surface area contributed by atoms with Gasteiger partial charge in [0.2, 0.25) is 0 Å². The van der Waals surface area contributed by atoms with E-state index < -0.39 is 5.97 Å². The van der Waals surface area contributed by atoms with Gasteiger partial charge in [-0.05, 0) is 17.7 Å². The van der Waals surface area contributed by atoms with Crippen LogP contribution in [0, 0.1) is 0 Å². The average Bonchev–Trinajstić information content (AvgIpc) is 2.05. The van der Waals surface area contributed by atoms with Crippen molar-refractivity contribution in [2.75, 3.05) is 7.05 Å². The van der Waals surface area contributed by atoms with Crippen molar-refractivity contribution in [2.45, 2.75) is 6.42 Å². The van der Waals surface area contributed by atoms with Crippen molar-refractivity contribution in [3.05, 3.63) is 29.8 Å². The first-order valence-electron chi connectivity index (χ1n) is 3.82. The normalized spacial score (nSPS) is 9.75. The highest BCUT2D eigenvalue weighted by Crippen LogP contribution is 2.04. The minimum atomic E-state index is -0.789. The number of rotatable bonds is 3. The molecule has 3 nitrogen and oxygen atoms in total. The molecule has 0 aliphatic heterocycles. The number of carboxylic acid groups (broad SMARTS) is 1. The maximum Gasteiger partial charge on any atom is 0.307 e. The molecule has 0 atom stereocenters. The number of nitrogens with two attached hydrogens (primary N) is 1. The van der Waals surface area contributed by atoms with E-state index in [-0.39, 0.29) is 6.42 Å². The van der Waals surface area contributed by atoms with Gasteiger partial charge >= 0.3 is 5.97 Å². The van der Waals surface area contributed by atoms with E-state index in [2.05, 4.69) is 0 Å². The number of carboxylic acids is 1. The Labute approximate surface area is 71.0 Å². The Balaban J connectivity index is 2.71. The summed E-state index contributed by atoms with van der Waals surface area (Å²) >= 11 is 0. The predicted octanol–water partition coefficient (Wildman–Crippen LogP) is 0.138. The second kappa shape index (κ2) is 3.88. The molecule has 0 bridgehead atoms. The van der Waals surface area contributed by atoms with Crippen LogP contribution in [0.2, 0.25) is 0 Å². The summed E-state index contributed by atoms with van der Waals surface area (Å²) in [6.45, 7) is 0. The Morgan fingerprint density at radius 2 is 2.00 bits per heavy atom. The van der Waals surface area contributed by atoms with Crippen molar-refractivity contribution in [3.63, 3.8) is 0 Å². The van der Waals surface area contributed by atoms with Gasteiger partial charge in [0.05, 0.1) is 13.5 Å². The van der Waals surface area contributed by atoms with E-state index in [1.54, 1.807) is 0 Å². The molecule has 0 radical (unpaired) electrons. The van der Waals surface area contributed by atoms with Crippen LogP contribution >= 0.6 is 0 Å². The van der Waals surface area contributed by atoms with Gasteiger partial charge in [-0.25, -0.2) is 0 Å². The van der Waals surface area contributed by atoms with Crippen molar-refractivity contribution in [1.29, 1.82) is 0 Å². The molecule has 1 aromatic carbocycles. The molecule has 12 heavy (non-hydrogen) atoms. The first-order valence-corrected chi connectivity index (χ1v) is 3.82. The third kappa shape index (κ3) is 2.36. The fraction of sp³-hybridized carbons (Fsp3) is 0.222. The fourth-order valence-corrected chi connectivity index (χ4v) is 1.00. The summed E-state index contributed by atoms with van der Waals surface area (Å²) in [5.41, 5.74) is 1.96. The minimum absolute atomic E-state index is 0.101. The molecule has 1 aromatic rings. The monoisotopic (exact) mass is 166 g/mol. The lowest BCUT2D eigenvalue weighted by molar-refractivity contribution is -0.539. The van der Waals surface area contributed by atoms with Crippen molar-refractivity contribution in [1.82, 2.24) is 0 Å². The van der Waals surface area contributed by atoms with Gasteiger partial charge in [-0.1, -0.05) is 12.1 Å². The number of hydrogen-bond donors (Lipinski definition) is 2. The lowest BCUT2D eigenvalue weighted by Crippen LogP contribution is -2.72. The zero-order valence-electron chi connectivity index (χ0n) is 6.95. The minimum Gasteiger partial charge on any atom is -0.481 e. The topological polar surface area (TPSA) is 53.9 Å². The van der Waals surface area contributed by atoms with Crippen LogP contribution in [0.25, 0.3) is 0 Å². The molecule has 0 saturated heterocycles. The smallest absolute Gasteiger partial charge is 0.307 e. The quantitative estimate of drug-likeness (QED) is 0.627. The summed E-state index contributed by atoms with van der Waals surface area (Å²) in [7, 11) is 1.95. The molecule has 0 aromatic heterocycles. The molecular weight excluding hydrogens is 154 g/mol. The largest absolute Gasteiger partial charge is 0.481 e. The predicted molar refractivity (Wildman–Crippen MR) is 45.3 cm³/mol. The summed E-state index contributed by atoms with van der Waals surface area (Å²) < 4.78 is 0. The molecule has 0 aliphatic rings. The third-order valence-corrected chi connectivity index (χ3v) is 1.67. The van der Waals surface area contributed by atoms with Crippen molar-refractivity contribution in [3.8, 4) is 0 Å². The van der Waals surface area contributed by atoms with Crippen molar-refractivity contribution < 1.29 is 15.2 Å². The van der Waals surface area contributed by atoms with E-state index in [9.17, 15) is 4.79 Å². The zero-order chi connectivity index (χ0) is 8.97. The first-order chi connectivity index (χ1) is 5.72. The Hall–Kier alpha value is -1.35. The van der Waals surface area contributed by atoms with Gasteiger partial charge in [-0.15, -0.1) is 0 Å². The zero-order valence-corrected chi connectivity index (χ0v) is 6.95. The van der Waals surface area contributed by atoms with Gasteiger partial charge in [-0.3, -0.25) is 4.79 Å². The van der Waals surface area contributed by atoms with Crippen LogP contribution in [-0.4, -0.2) is 18.1 Å². The lowest BCUT2D eigenvalue weighted by atomic mass is 10.1. The Morgan fingerprint density at radius 3 is 2.42 bits per heavy atom. The number of quaternary nitrogens is 1. The van der Waals surface area contributed by atoms with Crippen LogP contribution in [0.4, 0.5) is 5.69 Å². The highest BCUT2D eigenvalue weighted by molar-refractivity contribution is 5.70. The fourth-order valence-electron chi connectivity index (χ4n) is 1.00. The molecule has 0 aliphatic carbocycles. The molecule has 3 N–H and O–H groups in total. The number of aliphatic carboxylic acids is 1. The lowest BCUT2D eigenvalue weighted by Gasteiger charge is -1.97. The molecule has 0 spiro atoms. The van der Waals surface area contributed by atoms with Crippen molar-refractivity contribution in [2.24, 2.45) is 0 Å². The van der Waals surface area contributed by atoms with Crippen LogP contribution < -0.4 is 5.32 Å². The van der Waals surface area contributed by atoms with E-state index in [0.29, 0.717) is 0 Å². The maximum atomic E-state index is 10.3. The highest BCUT2D eigenvalue weighted by Gasteiger charge is 1.99. The Morgan fingerprint density at radius 1 is 1.42 bits per heavy atom. The summed E-state index contributed by atoms with van der Waals surface area (Å²) in [5.74, 6) is -0.789. The van der Waals surface area contributed by atoms with Gasteiger partial charge < -0.3 is 10.4 Å². The molecule has 1 rings (SSSR count). The number of carbonyl (C=O) groups is 1. The van der Waals surface area contributed by atoms with E-state index in [1.807, 2.05) is 36.6 Å². The molecule has 3 heteroatoms. The molecule has 0 unspecified atom stereocenters. The molecule has 0 fully saturated rings. The summed E-state index contributed by atoms with van der Waals surface area (Å²) in [6.07, 6.45) is 0.101. The van der Waals surface area contributed by atoms with Gasteiger partial charge in [0.15, 0.2) is 0 Å². The van der Waals surface area contributed by atoms with Crippen LogP contribution in [0.1, 0.15) is 5.56 Å². The molecule has 0 heterocycles. The summed E-state index contributed by atoms with van der Waals surface area (Å²) in [4.78, 5) is 10.3. The third-order valence-electron chi connectivity index (χ3n) is 1.67.